The van der Waals surface area contributed by atoms with E-state index in [1.807, 2.05) is 30.3 Å². The average Bonchev–Trinajstić information content (AvgIpc) is 3.17. The Labute approximate surface area is 120 Å². The molecule has 0 saturated heterocycles. The third kappa shape index (κ3) is 3.33. The molecule has 108 valence electrons. The molecule has 0 spiro atoms. The van der Waals surface area contributed by atoms with Crippen LogP contribution in [-0.4, -0.2) is 15.3 Å². The van der Waals surface area contributed by atoms with Gasteiger partial charge in [0.1, 0.15) is 6.61 Å². The van der Waals surface area contributed by atoms with Gasteiger partial charge in [0.25, 0.3) is 5.89 Å². The molecule has 0 bridgehead atoms. The van der Waals surface area contributed by atoms with Gasteiger partial charge in [0.15, 0.2) is 17.3 Å². The van der Waals surface area contributed by atoms with E-state index < -0.39 is 0 Å². The molecule has 21 heavy (non-hydrogen) atoms. The van der Waals surface area contributed by atoms with Crippen LogP contribution in [0.2, 0.25) is 0 Å². The minimum Gasteiger partial charge on any atom is -0.369 e. The van der Waals surface area contributed by atoms with Crippen LogP contribution >= 0.6 is 0 Å². The first kappa shape index (κ1) is 13.5. The molecule has 2 heterocycles. The van der Waals surface area contributed by atoms with Gasteiger partial charge in [-0.2, -0.15) is 4.98 Å². The second kappa shape index (κ2) is 6.29. The lowest BCUT2D eigenvalue weighted by molar-refractivity contribution is 0.0999. The molecule has 1 aromatic carbocycles. The van der Waals surface area contributed by atoms with Gasteiger partial charge in [0, 0.05) is 6.07 Å². The fraction of sp³-hybridized carbons (Fsp3) is 0.214. The molecule has 3 rings (SSSR count). The molecule has 0 aliphatic carbocycles. The van der Waals surface area contributed by atoms with Gasteiger partial charge >= 0.3 is 0 Å². The molecule has 7 heteroatoms. The van der Waals surface area contributed by atoms with Crippen molar-refractivity contribution >= 4 is 0 Å². The Morgan fingerprint density at radius 2 is 1.90 bits per heavy atom. The van der Waals surface area contributed by atoms with Crippen molar-refractivity contribution in [3.05, 3.63) is 53.5 Å². The van der Waals surface area contributed by atoms with E-state index in [0.717, 1.165) is 5.56 Å². The lowest BCUT2D eigenvalue weighted by Gasteiger charge is -2.00. The van der Waals surface area contributed by atoms with E-state index in [9.17, 15) is 0 Å². The summed E-state index contributed by atoms with van der Waals surface area (Å²) < 4.78 is 15.6. The summed E-state index contributed by atoms with van der Waals surface area (Å²) in [4.78, 5) is 4.19. The largest absolute Gasteiger partial charge is 0.369 e. The topological polar surface area (TPSA) is 100 Å². The van der Waals surface area contributed by atoms with Crippen LogP contribution in [0.1, 0.15) is 17.1 Å². The molecule has 0 unspecified atom stereocenters. The number of rotatable bonds is 6. The summed E-state index contributed by atoms with van der Waals surface area (Å²) in [5.41, 5.74) is 7.00. The van der Waals surface area contributed by atoms with Crippen molar-refractivity contribution in [3.8, 4) is 11.6 Å². The van der Waals surface area contributed by atoms with E-state index in [-0.39, 0.29) is 19.0 Å². The summed E-state index contributed by atoms with van der Waals surface area (Å²) in [6.07, 6.45) is 0. The fourth-order valence-electron chi connectivity index (χ4n) is 1.76. The Bertz CT molecular complexity index is 693. The smallest absolute Gasteiger partial charge is 0.280 e. The highest BCUT2D eigenvalue weighted by molar-refractivity contribution is 5.45. The number of aromatic nitrogens is 3. The number of nitrogens with two attached hydrogens (primary N) is 1. The van der Waals surface area contributed by atoms with Crippen molar-refractivity contribution in [1.29, 1.82) is 0 Å². The van der Waals surface area contributed by atoms with E-state index in [2.05, 4.69) is 15.3 Å². The molecule has 0 atom stereocenters. The van der Waals surface area contributed by atoms with Gasteiger partial charge < -0.3 is 19.5 Å². The SMILES string of the molecule is NCc1cc(-c2nc(COCc3ccccc3)no2)no1. The first-order valence-electron chi connectivity index (χ1n) is 6.45. The zero-order valence-corrected chi connectivity index (χ0v) is 11.2. The molecule has 2 aromatic heterocycles. The van der Waals surface area contributed by atoms with Gasteiger partial charge in [0.05, 0.1) is 13.2 Å². The summed E-state index contributed by atoms with van der Waals surface area (Å²) in [6, 6.07) is 11.5. The van der Waals surface area contributed by atoms with E-state index in [1.165, 1.54) is 0 Å². The predicted molar refractivity (Wildman–Crippen MR) is 72.6 cm³/mol. The van der Waals surface area contributed by atoms with Gasteiger partial charge in [-0.25, -0.2) is 0 Å². The summed E-state index contributed by atoms with van der Waals surface area (Å²) in [7, 11) is 0. The zero-order chi connectivity index (χ0) is 14.5. The summed E-state index contributed by atoms with van der Waals surface area (Å²) in [6.45, 7) is 1.03. The quantitative estimate of drug-likeness (QED) is 0.738. The molecular formula is C14H14N4O3. The predicted octanol–water partition coefficient (Wildman–Crippen LogP) is 1.90. The lowest BCUT2D eigenvalue weighted by atomic mass is 10.2. The number of ether oxygens (including phenoxy) is 1. The number of hydrogen-bond acceptors (Lipinski definition) is 7. The summed E-state index contributed by atoms with van der Waals surface area (Å²) in [5, 5.41) is 7.64. The first-order chi connectivity index (χ1) is 10.3. The van der Waals surface area contributed by atoms with Crippen LogP contribution in [0.5, 0.6) is 0 Å². The third-order valence-electron chi connectivity index (χ3n) is 2.79. The van der Waals surface area contributed by atoms with Gasteiger partial charge in [-0.15, -0.1) is 0 Å². The summed E-state index contributed by atoms with van der Waals surface area (Å²) in [5.74, 6) is 1.31. The minimum atomic E-state index is 0.264. The van der Waals surface area contributed by atoms with Crippen molar-refractivity contribution in [1.82, 2.24) is 15.3 Å². The maximum atomic E-state index is 5.53. The Morgan fingerprint density at radius 3 is 2.67 bits per heavy atom. The molecule has 0 aliphatic heterocycles. The molecular weight excluding hydrogens is 272 g/mol. The molecule has 0 saturated carbocycles. The van der Waals surface area contributed by atoms with Gasteiger partial charge in [-0.3, -0.25) is 0 Å². The highest BCUT2D eigenvalue weighted by Crippen LogP contribution is 2.17. The zero-order valence-electron chi connectivity index (χ0n) is 11.2. The average molecular weight is 286 g/mol. The van der Waals surface area contributed by atoms with Crippen LogP contribution in [0.3, 0.4) is 0 Å². The van der Waals surface area contributed by atoms with Gasteiger partial charge in [-0.05, 0) is 5.56 Å². The monoisotopic (exact) mass is 286 g/mol. The molecule has 3 aromatic rings. The van der Waals surface area contributed by atoms with Crippen LogP contribution in [0.15, 0.2) is 45.4 Å². The second-order valence-electron chi connectivity index (χ2n) is 4.38. The third-order valence-corrected chi connectivity index (χ3v) is 2.79. The van der Waals surface area contributed by atoms with E-state index >= 15 is 0 Å². The second-order valence-corrected chi connectivity index (χ2v) is 4.38. The van der Waals surface area contributed by atoms with Crippen molar-refractivity contribution < 1.29 is 13.8 Å². The van der Waals surface area contributed by atoms with E-state index in [4.69, 9.17) is 19.5 Å². The molecule has 0 amide bonds. The van der Waals surface area contributed by atoms with Crippen molar-refractivity contribution in [2.45, 2.75) is 19.8 Å². The maximum absolute atomic E-state index is 5.53. The Hall–Kier alpha value is -2.51. The van der Waals surface area contributed by atoms with Crippen molar-refractivity contribution in [3.63, 3.8) is 0 Å². The number of hydrogen-bond donors (Lipinski definition) is 1. The van der Waals surface area contributed by atoms with Crippen LogP contribution in [0.4, 0.5) is 0 Å². The molecule has 0 radical (unpaired) electrons. The molecule has 7 nitrogen and oxygen atoms in total. The molecule has 0 fully saturated rings. The fourth-order valence-corrected chi connectivity index (χ4v) is 1.76. The Kier molecular flexibility index (Phi) is 4.04. The first-order valence-corrected chi connectivity index (χ1v) is 6.45. The highest BCUT2D eigenvalue weighted by Gasteiger charge is 2.13. The van der Waals surface area contributed by atoms with Gasteiger partial charge in [-0.1, -0.05) is 40.6 Å². The Morgan fingerprint density at radius 1 is 1.05 bits per heavy atom. The number of nitrogens with zero attached hydrogens (tertiary/aromatic N) is 3. The van der Waals surface area contributed by atoms with Crippen LogP contribution in [0, 0.1) is 0 Å². The normalized spacial score (nSPS) is 10.9. The maximum Gasteiger partial charge on any atom is 0.280 e. The molecule has 2 N–H and O–H groups in total. The highest BCUT2D eigenvalue weighted by atomic mass is 16.5. The molecule has 0 aliphatic rings. The van der Waals surface area contributed by atoms with E-state index in [1.54, 1.807) is 6.07 Å². The van der Waals surface area contributed by atoms with Crippen molar-refractivity contribution in [2.75, 3.05) is 0 Å². The van der Waals surface area contributed by atoms with E-state index in [0.29, 0.717) is 23.9 Å². The van der Waals surface area contributed by atoms with Crippen LogP contribution in [0.25, 0.3) is 11.6 Å². The summed E-state index contributed by atoms with van der Waals surface area (Å²) >= 11 is 0. The van der Waals surface area contributed by atoms with Crippen LogP contribution in [-0.2, 0) is 24.5 Å². The van der Waals surface area contributed by atoms with Gasteiger partial charge in [0.2, 0.25) is 0 Å². The minimum absolute atomic E-state index is 0.264. The Balaban J connectivity index is 1.58. The standard InChI is InChI=1S/C14H14N4O3/c15-7-11-6-12(17-20-11)14-16-13(18-21-14)9-19-8-10-4-2-1-3-5-10/h1-6H,7-9,15H2. The van der Waals surface area contributed by atoms with Crippen molar-refractivity contribution in [2.24, 2.45) is 5.73 Å². The number of benzene rings is 1. The lowest BCUT2D eigenvalue weighted by Crippen LogP contribution is -1.95. The van der Waals surface area contributed by atoms with Crippen LogP contribution < -0.4 is 5.73 Å².